The molecule has 0 aliphatic carbocycles. The predicted octanol–water partition coefficient (Wildman–Crippen LogP) is 1.04. The maximum Gasteiger partial charge on any atom is 0.338 e. The van der Waals surface area contributed by atoms with Crippen molar-refractivity contribution in [2.45, 2.75) is 18.9 Å². The van der Waals surface area contributed by atoms with Gasteiger partial charge >= 0.3 is 5.97 Å². The average molecular weight is 382 g/mol. The van der Waals surface area contributed by atoms with E-state index in [2.05, 4.69) is 5.10 Å². The van der Waals surface area contributed by atoms with Gasteiger partial charge in [0, 0.05) is 19.3 Å². The van der Waals surface area contributed by atoms with Crippen molar-refractivity contribution in [3.8, 4) is 0 Å². The van der Waals surface area contributed by atoms with Crippen LogP contribution in [0.25, 0.3) is 0 Å². The van der Waals surface area contributed by atoms with Crippen molar-refractivity contribution in [1.82, 2.24) is 19.6 Å². The molecule has 1 aromatic carbocycles. The Morgan fingerprint density at radius 2 is 1.68 bits per heavy atom. The average Bonchev–Trinajstić information content (AvgIpc) is 3.29. The normalized spacial score (nSPS) is 17.1. The molecule has 28 heavy (non-hydrogen) atoms. The van der Waals surface area contributed by atoms with Gasteiger partial charge in [0.15, 0.2) is 0 Å². The number of carbonyl (C=O) groups is 4. The number of amides is 3. The largest absolute Gasteiger partial charge is 0.478 e. The second-order valence-electron chi connectivity index (χ2n) is 6.87. The Hall–Kier alpha value is -3.49. The highest BCUT2D eigenvalue weighted by Gasteiger charge is 2.37. The molecule has 0 spiro atoms. The first-order valence-corrected chi connectivity index (χ1v) is 8.96. The second kappa shape index (κ2) is 6.91. The SMILES string of the molecule is O=C(O)c1cnn(C2CCN(C(=O)CN3C(=O)c4ccccc4C3=O)CC2)c1. The molecule has 1 aromatic heterocycles. The number of nitrogens with zero attached hydrogens (tertiary/aromatic N) is 4. The van der Waals surface area contributed by atoms with Crippen molar-refractivity contribution in [3.63, 3.8) is 0 Å². The molecule has 0 bridgehead atoms. The monoisotopic (exact) mass is 382 g/mol. The predicted molar refractivity (Wildman–Crippen MR) is 95.8 cm³/mol. The summed E-state index contributed by atoms with van der Waals surface area (Å²) in [4.78, 5) is 51.0. The summed E-state index contributed by atoms with van der Waals surface area (Å²) >= 11 is 0. The van der Waals surface area contributed by atoms with Crippen LogP contribution in [0.15, 0.2) is 36.7 Å². The van der Waals surface area contributed by atoms with Crippen molar-refractivity contribution >= 4 is 23.7 Å². The van der Waals surface area contributed by atoms with Crippen LogP contribution in [0.2, 0.25) is 0 Å². The Morgan fingerprint density at radius 1 is 1.07 bits per heavy atom. The summed E-state index contributed by atoms with van der Waals surface area (Å²) in [5.41, 5.74) is 0.781. The molecule has 2 aromatic rings. The summed E-state index contributed by atoms with van der Waals surface area (Å²) in [5, 5.41) is 13.1. The van der Waals surface area contributed by atoms with Gasteiger partial charge in [0.1, 0.15) is 6.54 Å². The third kappa shape index (κ3) is 3.04. The van der Waals surface area contributed by atoms with Crippen LogP contribution in [-0.4, -0.2) is 68.0 Å². The molecule has 1 saturated heterocycles. The molecule has 0 radical (unpaired) electrons. The van der Waals surface area contributed by atoms with E-state index in [4.69, 9.17) is 5.11 Å². The molecule has 3 amide bonds. The van der Waals surface area contributed by atoms with Crippen LogP contribution in [0.1, 0.15) is 50.0 Å². The van der Waals surface area contributed by atoms with Crippen LogP contribution >= 0.6 is 0 Å². The number of carboxylic acid groups (broad SMARTS) is 1. The summed E-state index contributed by atoms with van der Waals surface area (Å²) in [7, 11) is 0. The van der Waals surface area contributed by atoms with Gasteiger partial charge in [-0.15, -0.1) is 0 Å². The van der Waals surface area contributed by atoms with Crippen LogP contribution in [-0.2, 0) is 4.79 Å². The molecule has 0 saturated carbocycles. The molecule has 1 N–H and O–H groups in total. The fourth-order valence-corrected chi connectivity index (χ4v) is 3.65. The van der Waals surface area contributed by atoms with Crippen molar-refractivity contribution < 1.29 is 24.3 Å². The highest BCUT2D eigenvalue weighted by molar-refractivity contribution is 6.22. The number of carboxylic acids is 1. The van der Waals surface area contributed by atoms with Crippen LogP contribution in [0.5, 0.6) is 0 Å². The lowest BCUT2D eigenvalue weighted by Gasteiger charge is -2.32. The zero-order valence-electron chi connectivity index (χ0n) is 14.9. The van der Waals surface area contributed by atoms with Crippen molar-refractivity contribution in [3.05, 3.63) is 53.3 Å². The maximum absolute atomic E-state index is 12.6. The zero-order valence-corrected chi connectivity index (χ0v) is 14.9. The number of carbonyl (C=O) groups excluding carboxylic acids is 3. The number of rotatable bonds is 4. The van der Waals surface area contributed by atoms with E-state index in [1.165, 1.54) is 12.4 Å². The minimum atomic E-state index is -1.03. The van der Waals surface area contributed by atoms with Crippen LogP contribution in [0, 0.1) is 0 Å². The smallest absolute Gasteiger partial charge is 0.338 e. The summed E-state index contributed by atoms with van der Waals surface area (Å²) in [5.74, 6) is -2.19. The molecule has 4 rings (SSSR count). The number of likely N-dealkylation sites (tertiary alicyclic amines) is 1. The van der Waals surface area contributed by atoms with Crippen LogP contribution < -0.4 is 0 Å². The standard InChI is InChI=1S/C19H18N4O5/c24-16(11-22-17(25)14-3-1-2-4-15(14)18(22)26)21-7-5-13(6-8-21)23-10-12(9-20-23)19(27)28/h1-4,9-10,13H,5-8,11H2,(H,27,28). The van der Waals surface area contributed by atoms with Gasteiger partial charge in [0.25, 0.3) is 11.8 Å². The van der Waals surface area contributed by atoms with Gasteiger partial charge in [0.05, 0.1) is 28.9 Å². The Balaban J connectivity index is 1.36. The lowest BCUT2D eigenvalue weighted by molar-refractivity contribution is -0.132. The van der Waals surface area contributed by atoms with Gasteiger partial charge in [-0.05, 0) is 25.0 Å². The van der Waals surface area contributed by atoms with Crippen LogP contribution in [0.3, 0.4) is 0 Å². The minimum Gasteiger partial charge on any atom is -0.478 e. The van der Waals surface area contributed by atoms with E-state index in [0.717, 1.165) is 4.90 Å². The molecule has 0 atom stereocenters. The Bertz CT molecular complexity index is 939. The third-order valence-corrected chi connectivity index (χ3v) is 5.21. The molecular formula is C19H18N4O5. The minimum absolute atomic E-state index is 0.0106. The first kappa shape index (κ1) is 17.9. The first-order chi connectivity index (χ1) is 13.5. The summed E-state index contributed by atoms with van der Waals surface area (Å²) in [6.07, 6.45) is 4.04. The third-order valence-electron chi connectivity index (χ3n) is 5.21. The fraction of sp³-hybridized carbons (Fsp3) is 0.316. The summed E-state index contributed by atoms with van der Waals surface area (Å²) in [6, 6.07) is 6.55. The second-order valence-corrected chi connectivity index (χ2v) is 6.87. The lowest BCUT2D eigenvalue weighted by Crippen LogP contribution is -2.46. The number of hydrogen-bond donors (Lipinski definition) is 1. The van der Waals surface area contributed by atoms with Crippen LogP contribution in [0.4, 0.5) is 0 Å². The van der Waals surface area contributed by atoms with E-state index in [1.807, 2.05) is 0 Å². The lowest BCUT2D eigenvalue weighted by atomic mass is 10.1. The first-order valence-electron chi connectivity index (χ1n) is 8.96. The van der Waals surface area contributed by atoms with Gasteiger partial charge in [0.2, 0.25) is 5.91 Å². The van der Waals surface area contributed by atoms with Gasteiger partial charge in [-0.3, -0.25) is 24.0 Å². The molecule has 2 aliphatic heterocycles. The molecule has 2 aliphatic rings. The molecule has 9 nitrogen and oxygen atoms in total. The number of imide groups is 1. The topological polar surface area (TPSA) is 113 Å². The molecule has 9 heteroatoms. The van der Waals surface area contributed by atoms with E-state index in [1.54, 1.807) is 33.8 Å². The van der Waals surface area contributed by atoms with Crippen molar-refractivity contribution in [2.75, 3.05) is 19.6 Å². The number of aromatic carboxylic acids is 1. The molecular weight excluding hydrogens is 364 g/mol. The Morgan fingerprint density at radius 3 is 2.21 bits per heavy atom. The Labute approximate surface area is 160 Å². The van der Waals surface area contributed by atoms with Crippen molar-refractivity contribution in [2.24, 2.45) is 0 Å². The number of aromatic nitrogens is 2. The maximum atomic E-state index is 12.6. The number of fused-ring (bicyclic) bond motifs is 1. The quantitative estimate of drug-likeness (QED) is 0.791. The van der Waals surface area contributed by atoms with E-state index in [9.17, 15) is 19.2 Å². The van der Waals surface area contributed by atoms with Gasteiger partial charge < -0.3 is 10.0 Å². The molecule has 1 fully saturated rings. The molecule has 144 valence electrons. The molecule has 0 unspecified atom stereocenters. The summed E-state index contributed by atoms with van der Waals surface area (Å²) < 4.78 is 1.62. The van der Waals surface area contributed by atoms with E-state index in [-0.39, 0.29) is 24.1 Å². The number of hydrogen-bond acceptors (Lipinski definition) is 5. The van der Waals surface area contributed by atoms with Gasteiger partial charge in [-0.25, -0.2) is 4.79 Å². The highest BCUT2D eigenvalue weighted by Crippen LogP contribution is 2.25. The molecule has 3 heterocycles. The number of benzene rings is 1. The number of piperidine rings is 1. The van der Waals surface area contributed by atoms with Gasteiger partial charge in [-0.2, -0.15) is 5.10 Å². The van der Waals surface area contributed by atoms with Gasteiger partial charge in [-0.1, -0.05) is 12.1 Å². The Kier molecular flexibility index (Phi) is 4.42. The van der Waals surface area contributed by atoms with E-state index < -0.39 is 17.8 Å². The zero-order chi connectivity index (χ0) is 19.8. The van der Waals surface area contributed by atoms with E-state index in [0.29, 0.717) is 37.1 Å². The van der Waals surface area contributed by atoms with Crippen molar-refractivity contribution in [1.29, 1.82) is 0 Å². The fourth-order valence-electron chi connectivity index (χ4n) is 3.65. The highest BCUT2D eigenvalue weighted by atomic mass is 16.4. The summed E-state index contributed by atoms with van der Waals surface area (Å²) in [6.45, 7) is 0.631. The van der Waals surface area contributed by atoms with E-state index >= 15 is 0 Å².